The Morgan fingerprint density at radius 3 is 2.87 bits per heavy atom. The molecule has 3 aromatic rings. The van der Waals surface area contributed by atoms with Gasteiger partial charge < -0.3 is 10.6 Å². The first kappa shape index (κ1) is 15.7. The first-order valence-corrected chi connectivity index (χ1v) is 8.85. The molecule has 0 fully saturated rings. The minimum absolute atomic E-state index is 0.524. The monoisotopic (exact) mass is 324 g/mol. The molecule has 0 spiro atoms. The molecule has 0 saturated heterocycles. The van der Waals surface area contributed by atoms with Gasteiger partial charge >= 0.3 is 0 Å². The molecule has 1 aromatic carbocycles. The van der Waals surface area contributed by atoms with Gasteiger partial charge in [0.2, 0.25) is 6.54 Å². The van der Waals surface area contributed by atoms with Gasteiger partial charge in [-0.05, 0) is 37.3 Å². The molecule has 0 radical (unpaired) electrons. The second-order valence-electron chi connectivity index (χ2n) is 5.72. The third-order valence-electron chi connectivity index (χ3n) is 3.91. The van der Waals surface area contributed by atoms with Gasteiger partial charge in [0.1, 0.15) is 5.52 Å². The van der Waals surface area contributed by atoms with Gasteiger partial charge in [0.05, 0.1) is 15.2 Å². The van der Waals surface area contributed by atoms with E-state index in [1.807, 2.05) is 0 Å². The van der Waals surface area contributed by atoms with Crippen molar-refractivity contribution >= 4 is 38.3 Å². The number of anilines is 1. The number of aryl methyl sites for hydroxylation is 2. The number of hydrogen-bond donors (Lipinski definition) is 1. The summed E-state index contributed by atoms with van der Waals surface area (Å²) in [4.78, 5) is 12.6. The predicted octanol–water partition coefficient (Wildman–Crippen LogP) is 4.62. The fourth-order valence-electron chi connectivity index (χ4n) is 2.76. The van der Waals surface area contributed by atoms with Crippen LogP contribution < -0.4 is 5.73 Å². The zero-order valence-electron chi connectivity index (χ0n) is 13.3. The average Bonchev–Trinajstić information content (AvgIpc) is 2.96. The highest BCUT2D eigenvalue weighted by atomic mass is 32.1. The van der Waals surface area contributed by atoms with Crippen molar-refractivity contribution in [3.63, 3.8) is 0 Å². The molecule has 3 rings (SSSR count). The molecule has 0 bridgehead atoms. The third-order valence-corrected chi connectivity index (χ3v) is 5.06. The number of aromatic nitrogens is 2. The van der Waals surface area contributed by atoms with Crippen LogP contribution in [0, 0.1) is 6.57 Å². The summed E-state index contributed by atoms with van der Waals surface area (Å²) < 4.78 is 1.15. The van der Waals surface area contributed by atoms with Crippen molar-refractivity contribution in [3.8, 4) is 0 Å². The van der Waals surface area contributed by atoms with E-state index in [0.29, 0.717) is 12.4 Å². The van der Waals surface area contributed by atoms with Crippen LogP contribution in [0.4, 0.5) is 5.82 Å². The SMILES string of the molecule is [C-]#[N+]CCCCc1ccc2c(c1)nc(N)c1nc(CCC)sc12. The summed E-state index contributed by atoms with van der Waals surface area (Å²) in [7, 11) is 0. The topological polar surface area (TPSA) is 56.2 Å². The number of fused-ring (bicyclic) bond motifs is 3. The summed E-state index contributed by atoms with van der Waals surface area (Å²) in [5.41, 5.74) is 9.17. The van der Waals surface area contributed by atoms with Crippen molar-refractivity contribution in [2.24, 2.45) is 0 Å². The Bertz CT molecular complexity index is 876. The van der Waals surface area contributed by atoms with E-state index in [4.69, 9.17) is 12.3 Å². The summed E-state index contributed by atoms with van der Waals surface area (Å²) >= 11 is 1.73. The molecule has 2 N–H and O–H groups in total. The maximum Gasteiger partial charge on any atom is 0.214 e. The van der Waals surface area contributed by atoms with E-state index in [2.05, 4.69) is 39.9 Å². The number of nitrogens with two attached hydrogens (primary N) is 1. The molecule has 2 aromatic heterocycles. The van der Waals surface area contributed by atoms with Crippen molar-refractivity contribution in [1.82, 2.24) is 9.97 Å². The molecule has 0 amide bonds. The molecule has 0 atom stereocenters. The van der Waals surface area contributed by atoms with Gasteiger partial charge in [0, 0.05) is 11.8 Å². The van der Waals surface area contributed by atoms with Gasteiger partial charge in [-0.2, -0.15) is 0 Å². The number of pyridine rings is 1. The molecule has 4 nitrogen and oxygen atoms in total. The van der Waals surface area contributed by atoms with Crippen LogP contribution in [0.3, 0.4) is 0 Å². The average molecular weight is 324 g/mol. The fraction of sp³-hybridized carbons (Fsp3) is 0.389. The Morgan fingerprint density at radius 2 is 2.09 bits per heavy atom. The highest BCUT2D eigenvalue weighted by Gasteiger charge is 2.12. The molecule has 2 heterocycles. The number of rotatable bonds is 6. The molecule has 0 aliphatic heterocycles. The van der Waals surface area contributed by atoms with Crippen LogP contribution in [0.5, 0.6) is 0 Å². The minimum Gasteiger partial charge on any atom is -0.382 e. The first-order valence-electron chi connectivity index (χ1n) is 8.03. The molecule has 0 unspecified atom stereocenters. The van der Waals surface area contributed by atoms with E-state index in [0.717, 1.165) is 58.2 Å². The summed E-state index contributed by atoms with van der Waals surface area (Å²) in [6.07, 6.45) is 5.03. The molecule has 0 aliphatic carbocycles. The lowest BCUT2D eigenvalue weighted by Crippen LogP contribution is -1.94. The van der Waals surface area contributed by atoms with Crippen LogP contribution in [-0.2, 0) is 12.8 Å². The number of benzene rings is 1. The Labute approximate surface area is 140 Å². The normalized spacial score (nSPS) is 11.1. The van der Waals surface area contributed by atoms with Crippen LogP contribution in [-0.4, -0.2) is 16.5 Å². The molecular weight excluding hydrogens is 304 g/mol. The first-order chi connectivity index (χ1) is 11.2. The van der Waals surface area contributed by atoms with Crippen molar-refractivity contribution in [3.05, 3.63) is 40.2 Å². The smallest absolute Gasteiger partial charge is 0.214 e. The Hall–Kier alpha value is -2.19. The Kier molecular flexibility index (Phi) is 4.73. The van der Waals surface area contributed by atoms with Crippen LogP contribution in [0.25, 0.3) is 26.0 Å². The van der Waals surface area contributed by atoms with E-state index >= 15 is 0 Å². The summed E-state index contributed by atoms with van der Waals surface area (Å²) in [5, 5.41) is 2.27. The van der Waals surface area contributed by atoms with E-state index in [9.17, 15) is 0 Å². The zero-order chi connectivity index (χ0) is 16.2. The van der Waals surface area contributed by atoms with E-state index < -0.39 is 0 Å². The molecular formula is C18H20N4S. The van der Waals surface area contributed by atoms with Crippen LogP contribution in [0.1, 0.15) is 36.8 Å². The van der Waals surface area contributed by atoms with Crippen molar-refractivity contribution in [2.45, 2.75) is 39.0 Å². The molecule has 0 saturated carbocycles. The molecule has 118 valence electrons. The Morgan fingerprint density at radius 1 is 1.22 bits per heavy atom. The lowest BCUT2D eigenvalue weighted by molar-refractivity contribution is 0.779. The summed E-state index contributed by atoms with van der Waals surface area (Å²) in [6, 6.07) is 6.43. The quantitative estimate of drug-likeness (QED) is 0.531. The van der Waals surface area contributed by atoms with E-state index in [1.54, 1.807) is 11.3 Å². The standard InChI is InChI=1S/C18H20N4S/c1-3-6-15-22-16-17(23-15)13-9-8-12(7-4-5-10-20-2)11-14(13)21-18(16)19/h8-9,11H,3-7,10H2,1H3,(H2,19,21). The van der Waals surface area contributed by atoms with Crippen molar-refractivity contribution < 1.29 is 0 Å². The van der Waals surface area contributed by atoms with Crippen molar-refractivity contribution in [2.75, 3.05) is 12.3 Å². The van der Waals surface area contributed by atoms with Gasteiger partial charge in [0.25, 0.3) is 0 Å². The number of nitrogen functional groups attached to an aromatic ring is 1. The van der Waals surface area contributed by atoms with Gasteiger partial charge in [-0.1, -0.05) is 19.1 Å². The number of nitrogens with zero attached hydrogens (tertiary/aromatic N) is 3. The van der Waals surface area contributed by atoms with Gasteiger partial charge in [-0.25, -0.2) is 16.5 Å². The van der Waals surface area contributed by atoms with E-state index in [-0.39, 0.29) is 0 Å². The largest absolute Gasteiger partial charge is 0.382 e. The maximum atomic E-state index is 6.82. The minimum atomic E-state index is 0.524. The van der Waals surface area contributed by atoms with E-state index in [1.165, 1.54) is 5.56 Å². The summed E-state index contributed by atoms with van der Waals surface area (Å²) in [5.74, 6) is 0.524. The number of unbranched alkanes of at least 4 members (excludes halogenated alkanes) is 1. The summed E-state index contributed by atoms with van der Waals surface area (Å²) in [6.45, 7) is 9.59. The lowest BCUT2D eigenvalue weighted by Gasteiger charge is -2.04. The van der Waals surface area contributed by atoms with Crippen LogP contribution in [0.15, 0.2) is 18.2 Å². The van der Waals surface area contributed by atoms with Gasteiger partial charge in [-0.3, -0.25) is 0 Å². The maximum absolute atomic E-state index is 6.82. The van der Waals surface area contributed by atoms with Crippen molar-refractivity contribution in [1.29, 1.82) is 0 Å². The third kappa shape index (κ3) is 3.27. The zero-order valence-corrected chi connectivity index (χ0v) is 14.1. The van der Waals surface area contributed by atoms with Crippen LogP contribution >= 0.6 is 11.3 Å². The molecule has 5 heteroatoms. The molecule has 23 heavy (non-hydrogen) atoms. The van der Waals surface area contributed by atoms with Gasteiger partial charge in [0.15, 0.2) is 5.82 Å². The lowest BCUT2D eigenvalue weighted by atomic mass is 10.1. The predicted molar refractivity (Wildman–Crippen MR) is 97.7 cm³/mol. The van der Waals surface area contributed by atoms with Gasteiger partial charge in [-0.15, -0.1) is 11.3 Å². The number of hydrogen-bond acceptors (Lipinski definition) is 4. The second-order valence-corrected chi connectivity index (χ2v) is 6.81. The highest BCUT2D eigenvalue weighted by molar-refractivity contribution is 7.19. The van der Waals surface area contributed by atoms with Crippen LogP contribution in [0.2, 0.25) is 0 Å². The highest BCUT2D eigenvalue weighted by Crippen LogP contribution is 2.33. The fourth-order valence-corrected chi connectivity index (χ4v) is 3.97. The Balaban J connectivity index is 1.96. The molecule has 0 aliphatic rings. The number of thiazole rings is 1. The second kappa shape index (κ2) is 6.93.